The summed E-state index contributed by atoms with van der Waals surface area (Å²) in [4.78, 5) is 0. The van der Waals surface area contributed by atoms with Gasteiger partial charge in [-0.3, -0.25) is 4.40 Å². The SMILES string of the molecule is Brc1ccc2nnc(C3CNc4ccccc43)n2c1. The number of fused-ring (bicyclic) bond motifs is 2. The number of aromatic nitrogens is 3. The van der Waals surface area contributed by atoms with E-state index in [9.17, 15) is 0 Å². The van der Waals surface area contributed by atoms with Crippen molar-refractivity contribution in [1.29, 1.82) is 0 Å². The molecule has 1 unspecified atom stereocenters. The van der Waals surface area contributed by atoms with Gasteiger partial charge in [0.25, 0.3) is 0 Å². The van der Waals surface area contributed by atoms with Crippen LogP contribution in [0.2, 0.25) is 0 Å². The van der Waals surface area contributed by atoms with Crippen LogP contribution in [-0.2, 0) is 0 Å². The van der Waals surface area contributed by atoms with E-state index in [4.69, 9.17) is 0 Å². The molecule has 1 N–H and O–H groups in total. The predicted molar refractivity (Wildman–Crippen MR) is 77.5 cm³/mol. The molecule has 3 heterocycles. The van der Waals surface area contributed by atoms with Crippen molar-refractivity contribution in [3.63, 3.8) is 0 Å². The Kier molecular flexibility index (Phi) is 2.35. The summed E-state index contributed by atoms with van der Waals surface area (Å²) in [5, 5.41) is 12.0. The molecule has 0 saturated carbocycles. The highest BCUT2D eigenvalue weighted by atomic mass is 79.9. The molecule has 4 nitrogen and oxygen atoms in total. The van der Waals surface area contributed by atoms with Crippen molar-refractivity contribution in [1.82, 2.24) is 14.6 Å². The third kappa shape index (κ3) is 1.65. The monoisotopic (exact) mass is 314 g/mol. The van der Waals surface area contributed by atoms with Gasteiger partial charge in [-0.1, -0.05) is 18.2 Å². The molecule has 1 aromatic carbocycles. The Morgan fingerprint density at radius 1 is 1.16 bits per heavy atom. The first-order valence-corrected chi connectivity index (χ1v) is 6.95. The topological polar surface area (TPSA) is 42.2 Å². The average molecular weight is 315 g/mol. The summed E-state index contributed by atoms with van der Waals surface area (Å²) >= 11 is 3.50. The van der Waals surface area contributed by atoms with Gasteiger partial charge in [0.05, 0.1) is 5.92 Å². The molecule has 0 amide bonds. The molecule has 0 bridgehead atoms. The first-order chi connectivity index (χ1) is 9.33. The van der Waals surface area contributed by atoms with Crippen LogP contribution in [0.25, 0.3) is 5.65 Å². The number of hydrogen-bond acceptors (Lipinski definition) is 3. The first-order valence-electron chi connectivity index (χ1n) is 6.16. The number of nitrogens with one attached hydrogen (secondary N) is 1. The van der Waals surface area contributed by atoms with Crippen LogP contribution in [0.1, 0.15) is 17.3 Å². The van der Waals surface area contributed by atoms with Gasteiger partial charge in [-0.2, -0.15) is 0 Å². The van der Waals surface area contributed by atoms with Crippen molar-refractivity contribution in [2.45, 2.75) is 5.92 Å². The van der Waals surface area contributed by atoms with E-state index in [1.807, 2.05) is 24.4 Å². The zero-order valence-corrected chi connectivity index (χ0v) is 11.6. The van der Waals surface area contributed by atoms with Gasteiger partial charge in [0.15, 0.2) is 5.65 Å². The number of nitrogens with zero attached hydrogens (tertiary/aromatic N) is 3. The molecule has 1 aliphatic heterocycles. The highest BCUT2D eigenvalue weighted by molar-refractivity contribution is 9.10. The van der Waals surface area contributed by atoms with Crippen molar-refractivity contribution in [3.05, 3.63) is 58.5 Å². The quantitative estimate of drug-likeness (QED) is 0.750. The van der Waals surface area contributed by atoms with Crippen LogP contribution >= 0.6 is 15.9 Å². The Morgan fingerprint density at radius 2 is 2.05 bits per heavy atom. The van der Waals surface area contributed by atoms with Crippen molar-refractivity contribution in [2.24, 2.45) is 0 Å². The fraction of sp³-hybridized carbons (Fsp3) is 0.143. The maximum atomic E-state index is 4.37. The summed E-state index contributed by atoms with van der Waals surface area (Å²) in [5.74, 6) is 1.23. The molecule has 19 heavy (non-hydrogen) atoms. The van der Waals surface area contributed by atoms with Gasteiger partial charge in [0.2, 0.25) is 0 Å². The third-order valence-electron chi connectivity index (χ3n) is 3.54. The minimum Gasteiger partial charge on any atom is -0.384 e. The molecule has 1 aliphatic rings. The van der Waals surface area contributed by atoms with E-state index < -0.39 is 0 Å². The smallest absolute Gasteiger partial charge is 0.160 e. The number of hydrogen-bond donors (Lipinski definition) is 1. The van der Waals surface area contributed by atoms with E-state index in [1.165, 1.54) is 11.3 Å². The van der Waals surface area contributed by atoms with Crippen LogP contribution < -0.4 is 5.32 Å². The summed E-state index contributed by atoms with van der Waals surface area (Å²) < 4.78 is 3.08. The lowest BCUT2D eigenvalue weighted by molar-refractivity contribution is 0.790. The normalized spacial score (nSPS) is 17.4. The molecule has 94 valence electrons. The van der Waals surface area contributed by atoms with Gasteiger partial charge in [0, 0.05) is 22.9 Å². The molecule has 2 aromatic heterocycles. The third-order valence-corrected chi connectivity index (χ3v) is 4.01. The van der Waals surface area contributed by atoms with Crippen LogP contribution in [0, 0.1) is 0 Å². The van der Waals surface area contributed by atoms with E-state index >= 15 is 0 Å². The van der Waals surface area contributed by atoms with Crippen molar-refractivity contribution < 1.29 is 0 Å². The minimum atomic E-state index is 0.250. The maximum absolute atomic E-state index is 4.37. The van der Waals surface area contributed by atoms with E-state index in [0.717, 1.165) is 22.5 Å². The standard InChI is InChI=1S/C14H11BrN4/c15-9-5-6-13-17-18-14(19(13)8-9)11-7-16-12-4-2-1-3-10(11)12/h1-6,8,11,16H,7H2. The van der Waals surface area contributed by atoms with Gasteiger partial charge in [0.1, 0.15) is 5.82 Å². The van der Waals surface area contributed by atoms with Crippen LogP contribution in [0.15, 0.2) is 47.1 Å². The zero-order valence-electron chi connectivity index (χ0n) is 10.0. The van der Waals surface area contributed by atoms with Crippen LogP contribution in [-0.4, -0.2) is 21.1 Å². The average Bonchev–Trinajstić information content (AvgIpc) is 3.01. The molecular formula is C14H11BrN4. The maximum Gasteiger partial charge on any atom is 0.160 e. The van der Waals surface area contributed by atoms with Crippen molar-refractivity contribution in [3.8, 4) is 0 Å². The van der Waals surface area contributed by atoms with Crippen LogP contribution in [0.5, 0.6) is 0 Å². The van der Waals surface area contributed by atoms with Crippen molar-refractivity contribution >= 4 is 27.3 Å². The van der Waals surface area contributed by atoms with Crippen LogP contribution in [0.4, 0.5) is 5.69 Å². The Balaban J connectivity index is 1.90. The summed E-state index contributed by atoms with van der Waals surface area (Å²) in [6.07, 6.45) is 2.02. The van der Waals surface area contributed by atoms with E-state index in [0.29, 0.717) is 0 Å². The highest BCUT2D eigenvalue weighted by Gasteiger charge is 2.27. The predicted octanol–water partition coefficient (Wildman–Crippen LogP) is 3.05. The number of rotatable bonds is 1. The molecule has 5 heteroatoms. The van der Waals surface area contributed by atoms with E-state index in [1.54, 1.807) is 0 Å². The number of anilines is 1. The lowest BCUT2D eigenvalue weighted by atomic mass is 10.0. The van der Waals surface area contributed by atoms with Gasteiger partial charge >= 0.3 is 0 Å². The molecule has 0 fully saturated rings. The molecule has 0 spiro atoms. The number of benzene rings is 1. The molecule has 3 aromatic rings. The minimum absolute atomic E-state index is 0.250. The Bertz CT molecular complexity index is 765. The number of para-hydroxylation sites is 1. The van der Waals surface area contributed by atoms with Crippen molar-refractivity contribution in [2.75, 3.05) is 11.9 Å². The lowest BCUT2D eigenvalue weighted by Crippen LogP contribution is -2.08. The molecule has 0 aliphatic carbocycles. The molecule has 1 atom stereocenters. The Labute approximate surface area is 118 Å². The molecule has 0 saturated heterocycles. The Hall–Kier alpha value is -1.88. The fourth-order valence-electron chi connectivity index (χ4n) is 2.63. The second kappa shape index (κ2) is 4.06. The van der Waals surface area contributed by atoms with Gasteiger partial charge in [-0.25, -0.2) is 0 Å². The molecular weight excluding hydrogens is 304 g/mol. The number of halogens is 1. The van der Waals surface area contributed by atoms with Gasteiger partial charge < -0.3 is 5.32 Å². The summed E-state index contributed by atoms with van der Waals surface area (Å²) in [6.45, 7) is 0.868. The first kappa shape index (κ1) is 11.0. The highest BCUT2D eigenvalue weighted by Crippen LogP contribution is 2.35. The second-order valence-corrected chi connectivity index (χ2v) is 5.57. The van der Waals surface area contributed by atoms with Crippen LogP contribution in [0.3, 0.4) is 0 Å². The Morgan fingerprint density at radius 3 is 3.00 bits per heavy atom. The lowest BCUT2D eigenvalue weighted by Gasteiger charge is -2.08. The van der Waals surface area contributed by atoms with Gasteiger partial charge in [-0.05, 0) is 39.7 Å². The summed E-state index contributed by atoms with van der Waals surface area (Å²) in [5.41, 5.74) is 3.36. The summed E-state index contributed by atoms with van der Waals surface area (Å²) in [6, 6.07) is 12.3. The largest absolute Gasteiger partial charge is 0.384 e. The zero-order chi connectivity index (χ0) is 12.8. The fourth-order valence-corrected chi connectivity index (χ4v) is 2.97. The van der Waals surface area contributed by atoms with Gasteiger partial charge in [-0.15, -0.1) is 10.2 Å². The summed E-state index contributed by atoms with van der Waals surface area (Å²) in [7, 11) is 0. The van der Waals surface area contributed by atoms with E-state index in [-0.39, 0.29) is 5.92 Å². The molecule has 4 rings (SSSR count). The van der Waals surface area contributed by atoms with E-state index in [2.05, 4.69) is 54.0 Å². The number of pyridine rings is 1. The molecule has 0 radical (unpaired) electrons. The second-order valence-electron chi connectivity index (χ2n) is 4.65.